The monoisotopic (exact) mass is 194 g/mol. The van der Waals surface area contributed by atoms with Gasteiger partial charge in [-0.25, -0.2) is 0 Å². The molecule has 0 aromatic carbocycles. The molecule has 0 spiro atoms. The van der Waals surface area contributed by atoms with Gasteiger partial charge in [-0.15, -0.1) is 5.10 Å². The largest absolute Gasteiger partial charge is 0.390 e. The predicted molar refractivity (Wildman–Crippen MR) is 53.1 cm³/mol. The molecule has 1 unspecified atom stereocenters. The van der Waals surface area contributed by atoms with Gasteiger partial charge in [-0.2, -0.15) is 5.10 Å². The van der Waals surface area contributed by atoms with Crippen molar-refractivity contribution in [1.82, 2.24) is 15.5 Å². The van der Waals surface area contributed by atoms with Crippen LogP contribution < -0.4 is 10.2 Å². The summed E-state index contributed by atoms with van der Waals surface area (Å²) in [6.45, 7) is 2.99. The van der Waals surface area contributed by atoms with Crippen LogP contribution in [-0.4, -0.2) is 47.6 Å². The molecule has 1 aromatic heterocycles. The van der Waals surface area contributed by atoms with Gasteiger partial charge in [0.15, 0.2) is 5.82 Å². The highest BCUT2D eigenvalue weighted by molar-refractivity contribution is 5.36. The van der Waals surface area contributed by atoms with Gasteiger partial charge in [0.05, 0.1) is 6.10 Å². The van der Waals surface area contributed by atoms with Gasteiger partial charge >= 0.3 is 0 Å². The van der Waals surface area contributed by atoms with Crippen molar-refractivity contribution in [2.45, 2.75) is 6.10 Å². The quantitative estimate of drug-likeness (QED) is 0.616. The Hall–Kier alpha value is -1.20. The molecule has 0 aliphatic carbocycles. The SMILES string of the molecule is OC1CNCCN(c2cccnn2)C1. The van der Waals surface area contributed by atoms with E-state index in [2.05, 4.69) is 15.5 Å². The average molecular weight is 194 g/mol. The Kier molecular flexibility index (Phi) is 2.90. The van der Waals surface area contributed by atoms with Crippen LogP contribution >= 0.6 is 0 Å². The van der Waals surface area contributed by atoms with Crippen molar-refractivity contribution >= 4 is 5.82 Å². The summed E-state index contributed by atoms with van der Waals surface area (Å²) in [5.74, 6) is 0.829. The van der Waals surface area contributed by atoms with Gasteiger partial charge in [0.25, 0.3) is 0 Å². The summed E-state index contributed by atoms with van der Waals surface area (Å²) in [6, 6.07) is 3.76. The Bertz CT molecular complexity index is 279. The standard InChI is InChI=1S/C9H14N4O/c14-8-6-10-4-5-13(7-8)9-2-1-3-11-12-9/h1-3,8,10,14H,4-7H2. The maximum Gasteiger partial charge on any atom is 0.151 e. The molecular weight excluding hydrogens is 180 g/mol. The minimum Gasteiger partial charge on any atom is -0.390 e. The third-order valence-electron chi connectivity index (χ3n) is 2.25. The van der Waals surface area contributed by atoms with Crippen LogP contribution in [0.5, 0.6) is 0 Å². The van der Waals surface area contributed by atoms with Crippen molar-refractivity contribution in [3.63, 3.8) is 0 Å². The fourth-order valence-electron chi connectivity index (χ4n) is 1.56. The third-order valence-corrected chi connectivity index (χ3v) is 2.25. The summed E-state index contributed by atoms with van der Waals surface area (Å²) in [5, 5.41) is 20.6. The van der Waals surface area contributed by atoms with Crippen LogP contribution in [0.4, 0.5) is 5.82 Å². The Morgan fingerprint density at radius 1 is 1.57 bits per heavy atom. The number of aliphatic hydroxyl groups excluding tert-OH is 1. The van der Waals surface area contributed by atoms with Gasteiger partial charge in [0, 0.05) is 32.4 Å². The van der Waals surface area contributed by atoms with Gasteiger partial charge in [-0.05, 0) is 12.1 Å². The second kappa shape index (κ2) is 4.34. The normalized spacial score (nSPS) is 23.2. The van der Waals surface area contributed by atoms with Gasteiger partial charge < -0.3 is 15.3 Å². The molecule has 1 aromatic rings. The second-order valence-electron chi connectivity index (χ2n) is 3.39. The Balaban J connectivity index is 2.09. The lowest BCUT2D eigenvalue weighted by Crippen LogP contribution is -2.33. The maximum atomic E-state index is 9.57. The van der Waals surface area contributed by atoms with Crippen molar-refractivity contribution in [3.05, 3.63) is 18.3 Å². The van der Waals surface area contributed by atoms with Crippen LogP contribution in [0.3, 0.4) is 0 Å². The van der Waals surface area contributed by atoms with Crippen molar-refractivity contribution < 1.29 is 5.11 Å². The smallest absolute Gasteiger partial charge is 0.151 e. The first-order valence-corrected chi connectivity index (χ1v) is 4.78. The molecular formula is C9H14N4O. The molecule has 1 fully saturated rings. The van der Waals surface area contributed by atoms with Crippen LogP contribution in [0, 0.1) is 0 Å². The zero-order chi connectivity index (χ0) is 9.80. The fraction of sp³-hybridized carbons (Fsp3) is 0.556. The molecule has 76 valence electrons. The molecule has 0 saturated carbocycles. The zero-order valence-corrected chi connectivity index (χ0v) is 7.93. The molecule has 1 aliphatic rings. The van der Waals surface area contributed by atoms with Crippen molar-refractivity contribution in [2.75, 3.05) is 31.1 Å². The molecule has 0 radical (unpaired) electrons. The van der Waals surface area contributed by atoms with Crippen LogP contribution in [0.1, 0.15) is 0 Å². The molecule has 0 bridgehead atoms. The molecule has 0 amide bonds. The van der Waals surface area contributed by atoms with E-state index in [1.54, 1.807) is 6.20 Å². The number of nitrogens with zero attached hydrogens (tertiary/aromatic N) is 3. The number of hydrogen-bond donors (Lipinski definition) is 2. The molecule has 1 saturated heterocycles. The molecule has 5 nitrogen and oxygen atoms in total. The van der Waals surface area contributed by atoms with Gasteiger partial charge in [-0.1, -0.05) is 0 Å². The van der Waals surface area contributed by atoms with Crippen molar-refractivity contribution in [3.8, 4) is 0 Å². The molecule has 5 heteroatoms. The number of β-amino-alcohol motifs (C(OH)–C–C–N with tert-alkyl or cyclic N) is 1. The lowest BCUT2D eigenvalue weighted by atomic mass is 10.3. The molecule has 14 heavy (non-hydrogen) atoms. The Labute approximate surface area is 82.8 Å². The number of aromatic nitrogens is 2. The highest BCUT2D eigenvalue weighted by atomic mass is 16.3. The minimum absolute atomic E-state index is 0.334. The summed E-state index contributed by atoms with van der Waals surface area (Å²) < 4.78 is 0. The third kappa shape index (κ3) is 2.18. The minimum atomic E-state index is -0.334. The molecule has 2 heterocycles. The fourth-order valence-corrected chi connectivity index (χ4v) is 1.56. The first-order valence-electron chi connectivity index (χ1n) is 4.78. The van der Waals surface area contributed by atoms with Gasteiger partial charge in [0.1, 0.15) is 0 Å². The lowest BCUT2D eigenvalue weighted by Gasteiger charge is -2.21. The average Bonchev–Trinajstić information content (AvgIpc) is 2.44. The second-order valence-corrected chi connectivity index (χ2v) is 3.39. The van der Waals surface area contributed by atoms with Crippen LogP contribution in [0.15, 0.2) is 18.3 Å². The highest BCUT2D eigenvalue weighted by Crippen LogP contribution is 2.09. The van der Waals surface area contributed by atoms with E-state index in [9.17, 15) is 5.11 Å². The summed E-state index contributed by atoms with van der Waals surface area (Å²) in [7, 11) is 0. The van der Waals surface area contributed by atoms with Crippen molar-refractivity contribution in [1.29, 1.82) is 0 Å². The first kappa shape index (κ1) is 9.36. The van der Waals surface area contributed by atoms with Gasteiger partial charge in [0.2, 0.25) is 0 Å². The highest BCUT2D eigenvalue weighted by Gasteiger charge is 2.16. The van der Waals surface area contributed by atoms with E-state index in [0.29, 0.717) is 13.1 Å². The molecule has 2 rings (SSSR count). The number of aliphatic hydroxyl groups is 1. The zero-order valence-electron chi connectivity index (χ0n) is 7.93. The summed E-state index contributed by atoms with van der Waals surface area (Å²) in [6.07, 6.45) is 1.32. The van der Waals surface area contributed by atoms with E-state index in [1.807, 2.05) is 17.0 Å². The number of hydrogen-bond acceptors (Lipinski definition) is 5. The number of nitrogens with one attached hydrogen (secondary N) is 1. The summed E-state index contributed by atoms with van der Waals surface area (Å²) in [4.78, 5) is 2.04. The van der Waals surface area contributed by atoms with E-state index < -0.39 is 0 Å². The van der Waals surface area contributed by atoms with Crippen LogP contribution in [-0.2, 0) is 0 Å². The number of rotatable bonds is 1. The van der Waals surface area contributed by atoms with E-state index in [0.717, 1.165) is 18.9 Å². The Morgan fingerprint density at radius 2 is 2.50 bits per heavy atom. The first-order chi connectivity index (χ1) is 6.86. The topological polar surface area (TPSA) is 61.3 Å². The van der Waals surface area contributed by atoms with Crippen LogP contribution in [0.2, 0.25) is 0 Å². The summed E-state index contributed by atoms with van der Waals surface area (Å²) >= 11 is 0. The predicted octanol–water partition coefficient (Wildman–Crippen LogP) is -0.753. The van der Waals surface area contributed by atoms with E-state index in [4.69, 9.17) is 0 Å². The lowest BCUT2D eigenvalue weighted by molar-refractivity contribution is 0.184. The van der Waals surface area contributed by atoms with Gasteiger partial charge in [-0.3, -0.25) is 0 Å². The molecule has 1 aliphatic heterocycles. The maximum absolute atomic E-state index is 9.57. The van der Waals surface area contributed by atoms with Crippen molar-refractivity contribution in [2.24, 2.45) is 0 Å². The van der Waals surface area contributed by atoms with E-state index >= 15 is 0 Å². The Morgan fingerprint density at radius 3 is 3.29 bits per heavy atom. The summed E-state index contributed by atoms with van der Waals surface area (Å²) in [5.41, 5.74) is 0. The van der Waals surface area contributed by atoms with E-state index in [-0.39, 0.29) is 6.10 Å². The molecule has 2 N–H and O–H groups in total. The van der Waals surface area contributed by atoms with Crippen LogP contribution in [0.25, 0.3) is 0 Å². The van der Waals surface area contributed by atoms with E-state index in [1.165, 1.54) is 0 Å². The number of anilines is 1. The molecule has 1 atom stereocenters.